The van der Waals surface area contributed by atoms with E-state index in [9.17, 15) is 0 Å². The van der Waals surface area contributed by atoms with E-state index in [1.54, 1.807) is 0 Å². The van der Waals surface area contributed by atoms with Gasteiger partial charge in [0.1, 0.15) is 19.1 Å². The summed E-state index contributed by atoms with van der Waals surface area (Å²) in [6, 6.07) is 5.58. The number of aromatic nitrogens is 1. The molecule has 2 rings (SSSR count). The van der Waals surface area contributed by atoms with Crippen LogP contribution in [0.5, 0.6) is 0 Å². The number of aryl methyl sites for hydroxylation is 1. The minimum atomic E-state index is 0.723. The average Bonchev–Trinajstić information content (AvgIpc) is 2.34. The van der Waals surface area contributed by atoms with Gasteiger partial charge >= 0.3 is 0 Å². The zero-order valence-corrected chi connectivity index (χ0v) is 6.16. The lowest BCUT2D eigenvalue weighted by Crippen LogP contribution is -2.02. The molecule has 0 saturated heterocycles. The topological polar surface area (TPSA) is 26.0 Å². The molecule has 0 saturated carbocycles. The van der Waals surface area contributed by atoms with Crippen molar-refractivity contribution < 1.29 is 4.52 Å². The molecule has 3 heteroatoms. The van der Waals surface area contributed by atoms with Crippen molar-refractivity contribution in [3.63, 3.8) is 0 Å². The standard InChI is InChI=1S/C8H6BNO/c1-5-8-6(9)3-2-4-7(8)10-11-5/h2-4H,1H3. The molecule has 0 aliphatic carbocycles. The van der Waals surface area contributed by atoms with Crippen molar-refractivity contribution in [3.05, 3.63) is 24.0 Å². The van der Waals surface area contributed by atoms with Gasteiger partial charge in [0, 0.05) is 5.39 Å². The first-order valence-corrected chi connectivity index (χ1v) is 3.39. The minimum absolute atomic E-state index is 0.723. The molecule has 0 atom stereocenters. The summed E-state index contributed by atoms with van der Waals surface area (Å²) in [4.78, 5) is 0. The van der Waals surface area contributed by atoms with Gasteiger partial charge in [0.05, 0.1) is 0 Å². The zero-order valence-electron chi connectivity index (χ0n) is 6.16. The summed E-state index contributed by atoms with van der Waals surface area (Å²) in [5.74, 6) is 0.776. The van der Waals surface area contributed by atoms with Crippen LogP contribution < -0.4 is 5.46 Å². The fraction of sp³-hybridized carbons (Fsp3) is 0.125. The van der Waals surface area contributed by atoms with Crippen LogP contribution in [0.4, 0.5) is 0 Å². The van der Waals surface area contributed by atoms with Crippen molar-refractivity contribution >= 4 is 24.2 Å². The highest BCUT2D eigenvalue weighted by Crippen LogP contribution is 2.13. The predicted octanol–water partition coefficient (Wildman–Crippen LogP) is 0.930. The lowest BCUT2D eigenvalue weighted by atomic mass is 9.92. The molecule has 0 bridgehead atoms. The number of hydrogen-bond acceptors (Lipinski definition) is 2. The van der Waals surface area contributed by atoms with Gasteiger partial charge in [-0.25, -0.2) is 0 Å². The van der Waals surface area contributed by atoms with Gasteiger partial charge < -0.3 is 4.52 Å². The fourth-order valence-electron chi connectivity index (χ4n) is 1.18. The van der Waals surface area contributed by atoms with Gasteiger partial charge in [0.2, 0.25) is 0 Å². The zero-order chi connectivity index (χ0) is 7.84. The largest absolute Gasteiger partial charge is 0.360 e. The molecule has 2 radical (unpaired) electrons. The molecule has 0 amide bonds. The van der Waals surface area contributed by atoms with E-state index in [1.165, 1.54) is 0 Å². The third-order valence-corrected chi connectivity index (χ3v) is 1.71. The normalized spacial score (nSPS) is 10.6. The van der Waals surface area contributed by atoms with Crippen LogP contribution in [0.1, 0.15) is 5.76 Å². The summed E-state index contributed by atoms with van der Waals surface area (Å²) < 4.78 is 4.97. The van der Waals surface area contributed by atoms with Crippen LogP contribution in [0.15, 0.2) is 22.7 Å². The van der Waals surface area contributed by atoms with Gasteiger partial charge in [-0.1, -0.05) is 22.8 Å². The first-order chi connectivity index (χ1) is 5.29. The smallest absolute Gasteiger partial charge is 0.140 e. The fourth-order valence-corrected chi connectivity index (χ4v) is 1.18. The third kappa shape index (κ3) is 0.844. The van der Waals surface area contributed by atoms with E-state index in [1.807, 2.05) is 25.1 Å². The summed E-state index contributed by atoms with van der Waals surface area (Å²) in [6.45, 7) is 1.85. The summed E-state index contributed by atoms with van der Waals surface area (Å²) in [7, 11) is 5.70. The Labute approximate surface area is 65.6 Å². The molecule has 0 aliphatic rings. The van der Waals surface area contributed by atoms with Crippen molar-refractivity contribution in [2.24, 2.45) is 0 Å². The van der Waals surface area contributed by atoms with E-state index >= 15 is 0 Å². The number of fused-ring (bicyclic) bond motifs is 1. The van der Waals surface area contributed by atoms with Crippen LogP contribution in [-0.2, 0) is 0 Å². The Morgan fingerprint density at radius 1 is 1.45 bits per heavy atom. The van der Waals surface area contributed by atoms with Crippen LogP contribution in [0.25, 0.3) is 10.9 Å². The molecule has 0 unspecified atom stereocenters. The van der Waals surface area contributed by atoms with Crippen LogP contribution in [-0.4, -0.2) is 13.0 Å². The van der Waals surface area contributed by atoms with Gasteiger partial charge in [-0.15, -0.1) is 0 Å². The van der Waals surface area contributed by atoms with E-state index in [0.29, 0.717) is 0 Å². The number of rotatable bonds is 0. The molecular formula is C8H6BNO. The van der Waals surface area contributed by atoms with E-state index < -0.39 is 0 Å². The van der Waals surface area contributed by atoms with E-state index in [0.717, 1.165) is 22.1 Å². The summed E-state index contributed by atoms with van der Waals surface area (Å²) in [5.41, 5.74) is 1.55. The van der Waals surface area contributed by atoms with Crippen LogP contribution in [0.3, 0.4) is 0 Å². The molecular weight excluding hydrogens is 137 g/mol. The van der Waals surface area contributed by atoms with Crippen LogP contribution >= 0.6 is 0 Å². The predicted molar refractivity (Wildman–Crippen MR) is 44.1 cm³/mol. The Bertz CT molecular complexity index is 394. The van der Waals surface area contributed by atoms with E-state index in [-0.39, 0.29) is 0 Å². The van der Waals surface area contributed by atoms with Gasteiger partial charge in [-0.05, 0) is 13.0 Å². The minimum Gasteiger partial charge on any atom is -0.360 e. The molecule has 0 N–H and O–H groups in total. The Morgan fingerprint density at radius 2 is 2.27 bits per heavy atom. The highest BCUT2D eigenvalue weighted by molar-refractivity contribution is 6.38. The molecule has 1 aromatic heterocycles. The number of hydrogen-bond donors (Lipinski definition) is 0. The summed E-state index contributed by atoms with van der Waals surface area (Å²) in [5, 5.41) is 4.75. The second-order valence-corrected chi connectivity index (χ2v) is 2.48. The summed E-state index contributed by atoms with van der Waals surface area (Å²) in [6.07, 6.45) is 0. The van der Waals surface area contributed by atoms with Gasteiger partial charge in [-0.2, -0.15) is 0 Å². The number of benzene rings is 1. The Balaban J connectivity index is 2.96. The molecule has 1 heterocycles. The molecule has 2 nitrogen and oxygen atoms in total. The maximum atomic E-state index is 5.70. The summed E-state index contributed by atoms with van der Waals surface area (Å²) >= 11 is 0. The van der Waals surface area contributed by atoms with Crippen molar-refractivity contribution in [2.45, 2.75) is 6.92 Å². The molecule has 0 fully saturated rings. The Morgan fingerprint density at radius 3 is 3.00 bits per heavy atom. The molecule has 0 spiro atoms. The van der Waals surface area contributed by atoms with Crippen LogP contribution in [0, 0.1) is 6.92 Å². The van der Waals surface area contributed by atoms with Gasteiger partial charge in [0.25, 0.3) is 0 Å². The molecule has 52 valence electrons. The van der Waals surface area contributed by atoms with Crippen molar-refractivity contribution in [1.29, 1.82) is 0 Å². The second kappa shape index (κ2) is 2.12. The van der Waals surface area contributed by atoms with E-state index in [2.05, 4.69) is 5.16 Å². The van der Waals surface area contributed by atoms with Crippen molar-refractivity contribution in [3.8, 4) is 0 Å². The molecule has 2 aromatic rings. The lowest BCUT2D eigenvalue weighted by Gasteiger charge is -1.92. The quantitative estimate of drug-likeness (QED) is 0.512. The second-order valence-electron chi connectivity index (χ2n) is 2.48. The first-order valence-electron chi connectivity index (χ1n) is 3.39. The Kier molecular flexibility index (Phi) is 1.25. The highest BCUT2D eigenvalue weighted by Gasteiger charge is 2.03. The third-order valence-electron chi connectivity index (χ3n) is 1.71. The molecule has 11 heavy (non-hydrogen) atoms. The van der Waals surface area contributed by atoms with E-state index in [4.69, 9.17) is 12.4 Å². The first kappa shape index (κ1) is 6.46. The van der Waals surface area contributed by atoms with Crippen molar-refractivity contribution in [2.75, 3.05) is 0 Å². The monoisotopic (exact) mass is 143 g/mol. The number of nitrogens with zero attached hydrogens (tertiary/aromatic N) is 1. The maximum Gasteiger partial charge on any atom is 0.140 e. The molecule has 0 aliphatic heterocycles. The molecule has 1 aromatic carbocycles. The Hall–Kier alpha value is -1.25. The highest BCUT2D eigenvalue weighted by atomic mass is 16.5. The van der Waals surface area contributed by atoms with Crippen LogP contribution in [0.2, 0.25) is 0 Å². The maximum absolute atomic E-state index is 5.70. The SMILES string of the molecule is [B]c1cccc2noc(C)c12. The lowest BCUT2D eigenvalue weighted by molar-refractivity contribution is 0.405. The van der Waals surface area contributed by atoms with Gasteiger partial charge in [0.15, 0.2) is 0 Å². The van der Waals surface area contributed by atoms with Crippen molar-refractivity contribution in [1.82, 2.24) is 5.16 Å². The average molecular weight is 143 g/mol. The van der Waals surface area contributed by atoms with Gasteiger partial charge in [-0.3, -0.25) is 0 Å².